The molecule has 0 amide bonds. The predicted octanol–water partition coefficient (Wildman–Crippen LogP) is 2.74. The van der Waals surface area contributed by atoms with E-state index >= 15 is 0 Å². The zero-order valence-corrected chi connectivity index (χ0v) is 11.3. The lowest BCUT2D eigenvalue weighted by molar-refractivity contribution is 0.0696. The molecule has 19 heavy (non-hydrogen) atoms. The van der Waals surface area contributed by atoms with E-state index in [1.165, 1.54) is 12.3 Å². The number of carboxylic acid groups (broad SMARTS) is 1. The molecule has 0 aliphatic carbocycles. The fourth-order valence-electron chi connectivity index (χ4n) is 1.72. The molecule has 0 radical (unpaired) electrons. The van der Waals surface area contributed by atoms with E-state index in [2.05, 4.69) is 0 Å². The summed E-state index contributed by atoms with van der Waals surface area (Å²) in [6, 6.07) is 9.18. The van der Waals surface area contributed by atoms with Crippen LogP contribution in [0.3, 0.4) is 0 Å². The summed E-state index contributed by atoms with van der Waals surface area (Å²) in [5, 5.41) is 8.77. The molecule has 0 aliphatic rings. The smallest absolute Gasteiger partial charge is 0.338 e. The van der Waals surface area contributed by atoms with Crippen molar-refractivity contribution in [2.75, 3.05) is 0 Å². The fraction of sp³-hybridized carbons (Fsp3) is 0.214. The Morgan fingerprint density at radius 1 is 1.32 bits per heavy atom. The number of hydrogen-bond donors (Lipinski definition) is 1. The molecule has 2 rings (SSSR count). The van der Waals surface area contributed by atoms with E-state index in [1.807, 2.05) is 31.2 Å². The van der Waals surface area contributed by atoms with Crippen molar-refractivity contribution in [1.82, 2.24) is 0 Å². The first-order valence-electron chi connectivity index (χ1n) is 5.76. The van der Waals surface area contributed by atoms with Crippen LogP contribution < -0.4 is 0 Å². The van der Waals surface area contributed by atoms with Gasteiger partial charge in [-0.15, -0.1) is 0 Å². The lowest BCUT2D eigenvalue weighted by Crippen LogP contribution is -2.00. The molecule has 1 N–H and O–H groups in total. The summed E-state index contributed by atoms with van der Waals surface area (Å²) in [7, 11) is -1.12. The van der Waals surface area contributed by atoms with Gasteiger partial charge in [-0.05, 0) is 24.1 Å². The second kappa shape index (κ2) is 5.84. The Bertz CT molecular complexity index is 615. The number of rotatable bonds is 5. The minimum Gasteiger partial charge on any atom is -0.478 e. The van der Waals surface area contributed by atoms with Gasteiger partial charge in [0.2, 0.25) is 0 Å². The van der Waals surface area contributed by atoms with Gasteiger partial charge in [-0.2, -0.15) is 0 Å². The number of hydrogen-bond acceptors (Lipinski definition) is 3. The van der Waals surface area contributed by atoms with Crippen LogP contribution >= 0.6 is 0 Å². The monoisotopic (exact) mass is 278 g/mol. The lowest BCUT2D eigenvalue weighted by atomic mass is 10.1. The maximum absolute atomic E-state index is 12.0. The summed E-state index contributed by atoms with van der Waals surface area (Å²) >= 11 is 0. The molecule has 1 atom stereocenters. The highest BCUT2D eigenvalue weighted by atomic mass is 32.2. The number of carbonyl (C=O) groups is 1. The molecule has 1 aromatic carbocycles. The van der Waals surface area contributed by atoms with Gasteiger partial charge in [0.25, 0.3) is 0 Å². The molecule has 4 nitrogen and oxygen atoms in total. The van der Waals surface area contributed by atoms with Gasteiger partial charge in [0.15, 0.2) is 0 Å². The Balaban J connectivity index is 2.01. The molecule has 1 unspecified atom stereocenters. The van der Waals surface area contributed by atoms with Crippen molar-refractivity contribution in [1.29, 1.82) is 0 Å². The van der Waals surface area contributed by atoms with Crippen LogP contribution in [0.1, 0.15) is 27.2 Å². The van der Waals surface area contributed by atoms with Crippen LogP contribution in [0.5, 0.6) is 0 Å². The predicted molar refractivity (Wildman–Crippen MR) is 72.4 cm³/mol. The molecule has 1 aromatic heterocycles. The lowest BCUT2D eigenvalue weighted by Gasteiger charge is -2.04. The van der Waals surface area contributed by atoms with Gasteiger partial charge in [0.05, 0.1) is 11.3 Å². The normalized spacial score (nSPS) is 12.3. The molecule has 1 heterocycles. The van der Waals surface area contributed by atoms with Crippen molar-refractivity contribution >= 4 is 16.8 Å². The van der Waals surface area contributed by atoms with Crippen molar-refractivity contribution in [3.8, 4) is 0 Å². The fourth-order valence-corrected chi connectivity index (χ4v) is 2.97. The molecule has 0 saturated carbocycles. The van der Waals surface area contributed by atoms with Crippen LogP contribution in [0.25, 0.3) is 0 Å². The molecule has 0 spiro atoms. The first-order valence-corrected chi connectivity index (χ1v) is 7.25. The van der Waals surface area contributed by atoms with E-state index in [1.54, 1.807) is 0 Å². The van der Waals surface area contributed by atoms with Crippen molar-refractivity contribution in [2.24, 2.45) is 0 Å². The van der Waals surface area contributed by atoms with Crippen LogP contribution in [0.15, 0.2) is 41.0 Å². The minimum atomic E-state index is -1.12. The molecular formula is C14H14O4S. The highest BCUT2D eigenvalue weighted by molar-refractivity contribution is 7.83. The SMILES string of the molecule is Cc1ccccc1CS(=O)Cc1cc(C(=O)O)co1. The van der Waals surface area contributed by atoms with Crippen molar-refractivity contribution in [3.05, 3.63) is 59.0 Å². The van der Waals surface area contributed by atoms with Crippen LogP contribution in [0.2, 0.25) is 0 Å². The number of furan rings is 1. The largest absolute Gasteiger partial charge is 0.478 e. The summed E-state index contributed by atoms with van der Waals surface area (Å²) < 4.78 is 17.1. The number of aromatic carboxylic acids is 1. The van der Waals surface area contributed by atoms with E-state index in [4.69, 9.17) is 9.52 Å². The molecule has 2 aromatic rings. The number of aryl methyl sites for hydroxylation is 1. The summed E-state index contributed by atoms with van der Waals surface area (Å²) in [5.74, 6) is 0.0567. The van der Waals surface area contributed by atoms with E-state index in [0.717, 1.165) is 11.1 Å². The average molecular weight is 278 g/mol. The molecule has 0 aliphatic heterocycles. The first-order chi connectivity index (χ1) is 9.06. The van der Waals surface area contributed by atoms with Crippen molar-refractivity contribution < 1.29 is 18.5 Å². The second-order valence-electron chi connectivity index (χ2n) is 4.26. The van der Waals surface area contributed by atoms with Gasteiger partial charge < -0.3 is 9.52 Å². The highest BCUT2D eigenvalue weighted by Gasteiger charge is 2.11. The van der Waals surface area contributed by atoms with E-state index in [9.17, 15) is 9.00 Å². The van der Waals surface area contributed by atoms with Crippen LogP contribution in [-0.4, -0.2) is 15.3 Å². The Morgan fingerprint density at radius 2 is 2.05 bits per heavy atom. The van der Waals surface area contributed by atoms with Crippen molar-refractivity contribution in [2.45, 2.75) is 18.4 Å². The minimum absolute atomic E-state index is 0.0860. The third-order valence-corrected chi connectivity index (χ3v) is 4.02. The standard InChI is InChI=1S/C14H14O4S/c1-10-4-2-3-5-11(10)8-19(17)9-13-6-12(7-18-13)14(15)16/h2-7H,8-9H2,1H3,(H,15,16). The molecule has 0 bridgehead atoms. The summed E-state index contributed by atoms with van der Waals surface area (Å²) in [4.78, 5) is 10.7. The topological polar surface area (TPSA) is 67.5 Å². The maximum atomic E-state index is 12.0. The van der Waals surface area contributed by atoms with Crippen LogP contribution in [-0.2, 0) is 22.3 Å². The quantitative estimate of drug-likeness (QED) is 0.913. The first kappa shape index (κ1) is 13.5. The summed E-state index contributed by atoms with van der Waals surface area (Å²) in [6.07, 6.45) is 1.17. The van der Waals surface area contributed by atoms with E-state index in [-0.39, 0.29) is 11.3 Å². The molecule has 0 fully saturated rings. The third kappa shape index (κ3) is 3.54. The Labute approximate surface area is 113 Å². The van der Waals surface area contributed by atoms with Gasteiger partial charge in [0.1, 0.15) is 12.0 Å². The zero-order chi connectivity index (χ0) is 13.8. The maximum Gasteiger partial charge on any atom is 0.338 e. The summed E-state index contributed by atoms with van der Waals surface area (Å²) in [5.41, 5.74) is 2.22. The van der Waals surface area contributed by atoms with E-state index in [0.29, 0.717) is 11.5 Å². The number of benzene rings is 1. The van der Waals surface area contributed by atoms with Crippen LogP contribution in [0, 0.1) is 6.92 Å². The zero-order valence-electron chi connectivity index (χ0n) is 10.5. The van der Waals surface area contributed by atoms with Gasteiger partial charge in [-0.25, -0.2) is 4.79 Å². The molecular weight excluding hydrogens is 264 g/mol. The molecule has 100 valence electrons. The van der Waals surface area contributed by atoms with Gasteiger partial charge in [-0.3, -0.25) is 4.21 Å². The number of carboxylic acids is 1. The summed E-state index contributed by atoms with van der Waals surface area (Å²) in [6.45, 7) is 1.97. The van der Waals surface area contributed by atoms with Gasteiger partial charge in [-0.1, -0.05) is 24.3 Å². The Morgan fingerprint density at radius 3 is 2.68 bits per heavy atom. The molecule has 0 saturated heterocycles. The Kier molecular flexibility index (Phi) is 4.16. The van der Waals surface area contributed by atoms with E-state index < -0.39 is 16.8 Å². The van der Waals surface area contributed by atoms with Gasteiger partial charge >= 0.3 is 5.97 Å². The second-order valence-corrected chi connectivity index (χ2v) is 5.72. The highest BCUT2D eigenvalue weighted by Crippen LogP contribution is 2.14. The molecule has 5 heteroatoms. The Hall–Kier alpha value is -1.88. The third-order valence-electron chi connectivity index (χ3n) is 2.78. The van der Waals surface area contributed by atoms with Gasteiger partial charge in [0, 0.05) is 16.6 Å². The van der Waals surface area contributed by atoms with Crippen LogP contribution in [0.4, 0.5) is 0 Å². The average Bonchev–Trinajstić information content (AvgIpc) is 2.80. The van der Waals surface area contributed by atoms with Crippen molar-refractivity contribution in [3.63, 3.8) is 0 Å².